The normalized spacial score (nSPS) is 28.4. The highest BCUT2D eigenvalue weighted by Crippen LogP contribution is 2.43. The zero-order valence-corrected chi connectivity index (χ0v) is 13.2. The van der Waals surface area contributed by atoms with Crippen LogP contribution in [0.15, 0.2) is 6.07 Å². The Morgan fingerprint density at radius 1 is 1.50 bits per heavy atom. The Balaban J connectivity index is 2.42. The van der Waals surface area contributed by atoms with Crippen LogP contribution in [0.4, 0.5) is 10.7 Å². The fourth-order valence-electron chi connectivity index (χ4n) is 2.92. The van der Waals surface area contributed by atoms with E-state index in [1.54, 1.807) is 6.92 Å². The molecule has 112 valence electrons. The lowest BCUT2D eigenvalue weighted by Gasteiger charge is -2.41. The minimum atomic E-state index is -0.664. The lowest BCUT2D eigenvalue weighted by atomic mass is 9.86. The number of anilines is 1. The number of hydrogen-bond donors (Lipinski definition) is 1. The minimum absolute atomic E-state index is 0.124. The minimum Gasteiger partial charge on any atom is -0.388 e. The quantitative estimate of drug-likeness (QED) is 0.684. The van der Waals surface area contributed by atoms with Crippen LogP contribution in [0.25, 0.3) is 0 Å². The summed E-state index contributed by atoms with van der Waals surface area (Å²) in [7, 11) is 0. The summed E-state index contributed by atoms with van der Waals surface area (Å²) in [4.78, 5) is 13.7. The highest BCUT2D eigenvalue weighted by atomic mass is 32.1. The smallest absolute Gasteiger partial charge is 0.304 e. The van der Waals surface area contributed by atoms with Gasteiger partial charge in [-0.15, -0.1) is 11.3 Å². The number of aliphatic hydroxyl groups is 1. The maximum Gasteiger partial charge on any atom is 0.304 e. The first-order valence-corrected chi connectivity index (χ1v) is 7.85. The maximum absolute atomic E-state index is 11.3. The van der Waals surface area contributed by atoms with Gasteiger partial charge in [0, 0.05) is 23.5 Å². The Kier molecular flexibility index (Phi) is 4.34. The van der Waals surface area contributed by atoms with Crippen molar-refractivity contribution in [2.75, 3.05) is 11.4 Å². The first-order valence-electron chi connectivity index (χ1n) is 7.04. The second-order valence-electron chi connectivity index (χ2n) is 5.98. The van der Waals surface area contributed by atoms with Gasteiger partial charge in [-0.25, -0.2) is 0 Å². The van der Waals surface area contributed by atoms with Crippen LogP contribution in [-0.2, 0) is 0 Å². The van der Waals surface area contributed by atoms with E-state index in [0.29, 0.717) is 21.7 Å². The molecular weight excluding hydrogens is 276 g/mol. The zero-order chi connectivity index (χ0) is 15.0. The van der Waals surface area contributed by atoms with Crippen molar-refractivity contribution >= 4 is 22.0 Å². The molecule has 1 fully saturated rings. The summed E-state index contributed by atoms with van der Waals surface area (Å²) in [5.74, 6) is 1.04. The van der Waals surface area contributed by atoms with Gasteiger partial charge in [-0.2, -0.15) is 0 Å². The zero-order valence-electron chi connectivity index (χ0n) is 12.4. The van der Waals surface area contributed by atoms with Gasteiger partial charge in [0.2, 0.25) is 0 Å². The van der Waals surface area contributed by atoms with E-state index < -0.39 is 6.10 Å². The van der Waals surface area contributed by atoms with Gasteiger partial charge in [-0.05, 0) is 32.1 Å². The molecule has 1 aliphatic heterocycles. The van der Waals surface area contributed by atoms with E-state index in [9.17, 15) is 15.2 Å². The second kappa shape index (κ2) is 5.69. The molecule has 5 nitrogen and oxygen atoms in total. The van der Waals surface area contributed by atoms with Crippen molar-refractivity contribution in [1.29, 1.82) is 0 Å². The molecule has 1 aromatic heterocycles. The molecule has 1 saturated heterocycles. The summed E-state index contributed by atoms with van der Waals surface area (Å²) in [6, 6.07) is 1.80. The van der Waals surface area contributed by atoms with Crippen molar-refractivity contribution in [2.24, 2.45) is 11.8 Å². The average Bonchev–Trinajstić information content (AvgIpc) is 2.78. The second-order valence-corrected chi connectivity index (χ2v) is 7.05. The Hall–Kier alpha value is -1.14. The van der Waals surface area contributed by atoms with Crippen molar-refractivity contribution < 1.29 is 10.0 Å². The van der Waals surface area contributed by atoms with Crippen LogP contribution in [0.2, 0.25) is 0 Å². The Morgan fingerprint density at radius 2 is 2.15 bits per heavy atom. The molecule has 0 aromatic carbocycles. The number of thiophene rings is 1. The van der Waals surface area contributed by atoms with E-state index in [1.807, 2.05) is 0 Å². The van der Waals surface area contributed by atoms with Gasteiger partial charge in [0.1, 0.15) is 0 Å². The van der Waals surface area contributed by atoms with Gasteiger partial charge in [-0.1, -0.05) is 13.8 Å². The number of nitrogens with zero attached hydrogens (tertiary/aromatic N) is 2. The molecule has 0 aliphatic carbocycles. The van der Waals surface area contributed by atoms with Crippen molar-refractivity contribution in [1.82, 2.24) is 0 Å². The third-order valence-electron chi connectivity index (χ3n) is 4.18. The molecule has 2 rings (SSSR count). The number of hydrogen-bond acceptors (Lipinski definition) is 5. The van der Waals surface area contributed by atoms with E-state index in [2.05, 4.69) is 25.7 Å². The molecular formula is C14H22N2O3S. The highest BCUT2D eigenvalue weighted by Gasteiger charge is 2.34. The Morgan fingerprint density at radius 3 is 2.70 bits per heavy atom. The van der Waals surface area contributed by atoms with Crippen molar-refractivity contribution in [3.8, 4) is 0 Å². The van der Waals surface area contributed by atoms with E-state index in [1.165, 1.54) is 17.4 Å². The summed E-state index contributed by atoms with van der Waals surface area (Å²) in [5.41, 5.74) is 0.124. The molecule has 0 bridgehead atoms. The van der Waals surface area contributed by atoms with Gasteiger partial charge in [0.05, 0.1) is 11.0 Å². The van der Waals surface area contributed by atoms with Crippen LogP contribution in [-0.4, -0.2) is 22.6 Å². The van der Waals surface area contributed by atoms with Crippen LogP contribution < -0.4 is 4.90 Å². The van der Waals surface area contributed by atoms with E-state index in [-0.39, 0.29) is 16.7 Å². The summed E-state index contributed by atoms with van der Waals surface area (Å²) < 4.78 is 0. The van der Waals surface area contributed by atoms with Crippen LogP contribution in [0.3, 0.4) is 0 Å². The van der Waals surface area contributed by atoms with E-state index >= 15 is 0 Å². The molecule has 2 heterocycles. The lowest BCUT2D eigenvalue weighted by molar-refractivity contribution is -0.383. The van der Waals surface area contributed by atoms with Crippen LogP contribution in [0.1, 0.15) is 45.1 Å². The number of aliphatic hydroxyl groups excluding tert-OH is 1. The maximum atomic E-state index is 11.3. The van der Waals surface area contributed by atoms with Gasteiger partial charge in [-0.3, -0.25) is 10.1 Å². The van der Waals surface area contributed by atoms with Gasteiger partial charge < -0.3 is 10.0 Å². The van der Waals surface area contributed by atoms with E-state index in [0.717, 1.165) is 13.0 Å². The summed E-state index contributed by atoms with van der Waals surface area (Å²) in [5, 5.41) is 21.6. The Bertz CT molecular complexity index is 501. The number of nitro groups is 1. The molecule has 1 aromatic rings. The molecule has 3 unspecified atom stereocenters. The van der Waals surface area contributed by atoms with Crippen molar-refractivity contribution in [2.45, 2.75) is 46.3 Å². The Labute approximate surface area is 123 Å². The van der Waals surface area contributed by atoms with Gasteiger partial charge in [0.25, 0.3) is 0 Å². The number of piperidine rings is 1. The fraction of sp³-hybridized carbons (Fsp3) is 0.714. The lowest BCUT2D eigenvalue weighted by Crippen LogP contribution is -2.45. The average molecular weight is 298 g/mol. The third kappa shape index (κ3) is 2.81. The first kappa shape index (κ1) is 15.3. The summed E-state index contributed by atoms with van der Waals surface area (Å²) in [6.45, 7) is 8.99. The van der Waals surface area contributed by atoms with Crippen molar-refractivity contribution in [3.63, 3.8) is 0 Å². The van der Waals surface area contributed by atoms with Crippen LogP contribution >= 0.6 is 11.3 Å². The molecule has 6 heteroatoms. The molecule has 1 N–H and O–H groups in total. The van der Waals surface area contributed by atoms with Crippen molar-refractivity contribution in [3.05, 3.63) is 21.1 Å². The highest BCUT2D eigenvalue weighted by molar-refractivity contribution is 7.16. The first-order chi connectivity index (χ1) is 9.31. The molecule has 0 amide bonds. The SMILES string of the molecule is CC1CC(C)C(C)N(c2sc([C@H](C)O)cc2[N+](=O)[O-])C1. The predicted octanol–water partition coefficient (Wildman–Crippen LogP) is 3.58. The van der Waals surface area contributed by atoms with Crippen LogP contribution in [0.5, 0.6) is 0 Å². The summed E-state index contributed by atoms with van der Waals surface area (Å²) >= 11 is 1.34. The molecule has 4 atom stereocenters. The molecule has 0 saturated carbocycles. The van der Waals surface area contributed by atoms with Gasteiger partial charge >= 0.3 is 5.69 Å². The monoisotopic (exact) mass is 298 g/mol. The molecule has 0 radical (unpaired) electrons. The van der Waals surface area contributed by atoms with Crippen LogP contribution in [0, 0.1) is 22.0 Å². The predicted molar refractivity (Wildman–Crippen MR) is 81.4 cm³/mol. The standard InChI is InChI=1S/C14H22N2O3S/c1-8-5-9(2)10(3)15(7-8)14-12(16(18)19)6-13(20-14)11(4)17/h6,8-11,17H,5,7H2,1-4H3/t8?,9?,10?,11-/m0/s1. The molecule has 0 spiro atoms. The van der Waals surface area contributed by atoms with E-state index in [4.69, 9.17) is 0 Å². The fourth-order valence-corrected chi connectivity index (χ4v) is 4.08. The number of rotatable bonds is 3. The summed E-state index contributed by atoms with van der Waals surface area (Å²) in [6.07, 6.45) is 0.488. The topological polar surface area (TPSA) is 66.6 Å². The largest absolute Gasteiger partial charge is 0.388 e. The molecule has 1 aliphatic rings. The van der Waals surface area contributed by atoms with Gasteiger partial charge in [0.15, 0.2) is 5.00 Å². The third-order valence-corrected chi connectivity index (χ3v) is 5.51. The molecule has 20 heavy (non-hydrogen) atoms.